The zero-order valence-electron chi connectivity index (χ0n) is 14.8. The number of ether oxygens (including phenoxy) is 1. The summed E-state index contributed by atoms with van der Waals surface area (Å²) in [5.74, 6) is 0.486. The summed E-state index contributed by atoms with van der Waals surface area (Å²) in [6, 6.07) is 8.75. The van der Waals surface area contributed by atoms with Gasteiger partial charge in [0, 0.05) is 48.2 Å². The van der Waals surface area contributed by atoms with Crippen LogP contribution in [-0.4, -0.2) is 37.3 Å². The number of aromatic nitrogens is 1. The minimum Gasteiger partial charge on any atom is -0.375 e. The highest BCUT2D eigenvalue weighted by molar-refractivity contribution is 6.30. The van der Waals surface area contributed by atoms with Crippen LogP contribution in [0.4, 0.5) is 17.1 Å². The molecule has 2 aromatic rings. The molecular formula is C20H20ClN5O. The molecule has 1 fully saturated rings. The van der Waals surface area contributed by atoms with Crippen molar-refractivity contribution in [3.05, 3.63) is 46.2 Å². The van der Waals surface area contributed by atoms with E-state index in [9.17, 15) is 5.26 Å². The smallest absolute Gasteiger partial charge is 0.164 e. The standard InChI is InChI=1S/C20H20ClN5O/c21-13-6-17(18(8-22)24-9-13)25-14-5-12-11-27-4-3-26-19-1-2-23-10-16(19)15(7-14)20(12)26/h5-7,9,16,19,23,25H,1-4,10-11H2/t16-,19-/m0/s1. The van der Waals surface area contributed by atoms with Gasteiger partial charge in [-0.3, -0.25) is 0 Å². The Morgan fingerprint density at radius 1 is 1.37 bits per heavy atom. The van der Waals surface area contributed by atoms with E-state index in [2.05, 4.69) is 38.7 Å². The van der Waals surface area contributed by atoms with Gasteiger partial charge in [-0.25, -0.2) is 4.98 Å². The fourth-order valence-corrected chi connectivity index (χ4v) is 4.79. The lowest BCUT2D eigenvalue weighted by atomic mass is 9.89. The van der Waals surface area contributed by atoms with E-state index in [1.165, 1.54) is 23.0 Å². The van der Waals surface area contributed by atoms with E-state index in [-0.39, 0.29) is 0 Å². The van der Waals surface area contributed by atoms with Crippen molar-refractivity contribution in [1.82, 2.24) is 10.3 Å². The molecule has 0 spiro atoms. The van der Waals surface area contributed by atoms with Crippen molar-refractivity contribution in [2.75, 3.05) is 36.5 Å². The summed E-state index contributed by atoms with van der Waals surface area (Å²) in [5.41, 5.74) is 5.82. The molecule has 4 heterocycles. The Morgan fingerprint density at radius 2 is 2.30 bits per heavy atom. The second-order valence-corrected chi connectivity index (χ2v) is 7.71. The van der Waals surface area contributed by atoms with E-state index in [4.69, 9.17) is 16.3 Å². The fraction of sp³-hybridized carbons (Fsp3) is 0.400. The molecule has 6 nitrogen and oxygen atoms in total. The molecule has 0 amide bonds. The molecule has 1 aromatic heterocycles. The number of hydrogen-bond donors (Lipinski definition) is 2. The normalized spacial score (nSPS) is 23.2. The summed E-state index contributed by atoms with van der Waals surface area (Å²) in [7, 11) is 0. The summed E-state index contributed by atoms with van der Waals surface area (Å²) in [6.45, 7) is 4.38. The molecule has 3 aliphatic heterocycles. The zero-order valence-corrected chi connectivity index (χ0v) is 15.6. The highest BCUT2D eigenvalue weighted by atomic mass is 35.5. The number of benzene rings is 1. The number of piperidine rings is 1. The minimum atomic E-state index is 0.334. The van der Waals surface area contributed by atoms with Crippen LogP contribution in [0.3, 0.4) is 0 Å². The Morgan fingerprint density at radius 3 is 3.19 bits per heavy atom. The van der Waals surface area contributed by atoms with Crippen LogP contribution in [0.5, 0.6) is 0 Å². The number of hydrogen-bond acceptors (Lipinski definition) is 6. The topological polar surface area (TPSA) is 73.2 Å². The molecule has 2 atom stereocenters. The molecule has 0 saturated carbocycles. The molecule has 0 aliphatic carbocycles. The average molecular weight is 382 g/mol. The molecule has 0 bridgehead atoms. The first-order chi connectivity index (χ1) is 13.2. The van der Waals surface area contributed by atoms with Gasteiger partial charge < -0.3 is 20.3 Å². The van der Waals surface area contributed by atoms with Gasteiger partial charge in [-0.05, 0) is 36.7 Å². The molecule has 2 N–H and O–H groups in total. The van der Waals surface area contributed by atoms with Crippen LogP contribution in [0.2, 0.25) is 5.02 Å². The molecule has 1 aromatic carbocycles. The number of pyridine rings is 1. The first-order valence-corrected chi connectivity index (χ1v) is 9.67. The summed E-state index contributed by atoms with van der Waals surface area (Å²) < 4.78 is 5.86. The van der Waals surface area contributed by atoms with Crippen LogP contribution < -0.4 is 15.5 Å². The minimum absolute atomic E-state index is 0.334. The van der Waals surface area contributed by atoms with Crippen molar-refractivity contribution in [3.63, 3.8) is 0 Å². The van der Waals surface area contributed by atoms with Crippen LogP contribution in [0, 0.1) is 11.3 Å². The Bertz CT molecular complexity index is 941. The molecular weight excluding hydrogens is 362 g/mol. The number of fused-ring (bicyclic) bond motifs is 3. The molecule has 27 heavy (non-hydrogen) atoms. The highest BCUT2D eigenvalue weighted by Crippen LogP contribution is 2.47. The van der Waals surface area contributed by atoms with Crippen molar-refractivity contribution >= 4 is 28.7 Å². The molecule has 0 radical (unpaired) electrons. The van der Waals surface area contributed by atoms with Gasteiger partial charge in [0.15, 0.2) is 5.69 Å². The lowest BCUT2D eigenvalue weighted by Gasteiger charge is -2.33. The third-order valence-corrected chi connectivity index (χ3v) is 5.93. The van der Waals surface area contributed by atoms with Gasteiger partial charge >= 0.3 is 0 Å². The number of nitriles is 1. The SMILES string of the molecule is N#Cc1ncc(Cl)cc1Nc1cc2c3c(c1)[C@@H]1CNCC[C@@H]1N3CCOC2. The van der Waals surface area contributed by atoms with Crippen molar-refractivity contribution < 1.29 is 4.74 Å². The second kappa shape index (κ2) is 6.68. The number of rotatable bonds is 2. The zero-order chi connectivity index (χ0) is 18.4. The predicted molar refractivity (Wildman–Crippen MR) is 105 cm³/mol. The first kappa shape index (κ1) is 16.8. The van der Waals surface area contributed by atoms with Crippen LogP contribution in [-0.2, 0) is 11.3 Å². The molecule has 3 aliphatic rings. The summed E-state index contributed by atoms with van der Waals surface area (Å²) in [6.07, 6.45) is 2.64. The first-order valence-electron chi connectivity index (χ1n) is 9.29. The van der Waals surface area contributed by atoms with Gasteiger partial charge in [-0.15, -0.1) is 0 Å². The largest absolute Gasteiger partial charge is 0.375 e. The number of nitrogens with one attached hydrogen (secondary N) is 2. The third kappa shape index (κ3) is 2.83. The van der Waals surface area contributed by atoms with Gasteiger partial charge in [-0.1, -0.05) is 11.6 Å². The van der Waals surface area contributed by atoms with Gasteiger partial charge in [0.05, 0.1) is 23.9 Å². The molecule has 138 valence electrons. The average Bonchev–Trinajstić information content (AvgIpc) is 2.84. The van der Waals surface area contributed by atoms with Gasteiger partial charge in [-0.2, -0.15) is 5.26 Å². The lowest BCUT2D eigenvalue weighted by molar-refractivity contribution is 0.130. The van der Waals surface area contributed by atoms with Crippen LogP contribution in [0.15, 0.2) is 24.4 Å². The number of anilines is 3. The van der Waals surface area contributed by atoms with Crippen molar-refractivity contribution in [2.24, 2.45) is 0 Å². The molecule has 5 rings (SSSR count). The molecule has 0 unspecified atom stereocenters. The predicted octanol–water partition coefficient (Wildman–Crippen LogP) is 3.15. The summed E-state index contributed by atoms with van der Waals surface area (Å²) in [4.78, 5) is 6.66. The van der Waals surface area contributed by atoms with Crippen molar-refractivity contribution in [3.8, 4) is 6.07 Å². The van der Waals surface area contributed by atoms with Gasteiger partial charge in [0.25, 0.3) is 0 Å². The Kier molecular flexibility index (Phi) is 4.16. The second-order valence-electron chi connectivity index (χ2n) is 7.27. The van der Waals surface area contributed by atoms with Gasteiger partial charge in [0.1, 0.15) is 6.07 Å². The van der Waals surface area contributed by atoms with E-state index in [0.29, 0.717) is 35.0 Å². The fourth-order valence-electron chi connectivity index (χ4n) is 4.64. The molecule has 7 heteroatoms. The maximum absolute atomic E-state index is 9.35. The number of nitrogens with zero attached hydrogens (tertiary/aromatic N) is 3. The Hall–Kier alpha value is -2.33. The Labute approximate surface area is 163 Å². The Balaban J connectivity index is 1.58. The maximum atomic E-state index is 9.35. The highest BCUT2D eigenvalue weighted by Gasteiger charge is 2.41. The van der Waals surface area contributed by atoms with E-state index in [1.54, 1.807) is 6.07 Å². The van der Waals surface area contributed by atoms with Crippen LogP contribution >= 0.6 is 11.6 Å². The molecule has 1 saturated heterocycles. The van der Waals surface area contributed by atoms with E-state index in [1.807, 2.05) is 0 Å². The van der Waals surface area contributed by atoms with Gasteiger partial charge in [0.2, 0.25) is 0 Å². The third-order valence-electron chi connectivity index (χ3n) is 5.72. The van der Waals surface area contributed by atoms with Crippen LogP contribution in [0.1, 0.15) is 29.2 Å². The maximum Gasteiger partial charge on any atom is 0.164 e. The van der Waals surface area contributed by atoms with E-state index < -0.39 is 0 Å². The van der Waals surface area contributed by atoms with Crippen molar-refractivity contribution in [2.45, 2.75) is 25.0 Å². The monoisotopic (exact) mass is 381 g/mol. The van der Waals surface area contributed by atoms with E-state index in [0.717, 1.165) is 38.3 Å². The summed E-state index contributed by atoms with van der Waals surface area (Å²) in [5, 5.41) is 16.8. The van der Waals surface area contributed by atoms with E-state index >= 15 is 0 Å². The quantitative estimate of drug-likeness (QED) is 0.832. The van der Waals surface area contributed by atoms with Crippen molar-refractivity contribution in [1.29, 1.82) is 5.26 Å². The van der Waals surface area contributed by atoms with Crippen LogP contribution in [0.25, 0.3) is 0 Å². The number of halogens is 1. The summed E-state index contributed by atoms with van der Waals surface area (Å²) >= 11 is 6.09. The lowest BCUT2D eigenvalue weighted by Crippen LogP contribution is -2.44.